The molecule has 0 aliphatic heterocycles. The van der Waals surface area contributed by atoms with Crippen molar-refractivity contribution < 1.29 is 4.79 Å². The first-order chi connectivity index (χ1) is 5.34. The zero-order chi connectivity index (χ0) is 8.10. The van der Waals surface area contributed by atoms with Crippen LogP contribution in [0.5, 0.6) is 0 Å². The fourth-order valence-electron chi connectivity index (χ4n) is 0.773. The van der Waals surface area contributed by atoms with Crippen molar-refractivity contribution in [1.82, 2.24) is 5.32 Å². The molecule has 11 heavy (non-hydrogen) atoms. The summed E-state index contributed by atoms with van der Waals surface area (Å²) in [5.41, 5.74) is 1.12. The fourth-order valence-corrected chi connectivity index (χ4v) is 1.35. The zero-order valence-corrected chi connectivity index (χ0v) is 7.96. The smallest absolute Gasteiger partial charge is 0.309 e. The van der Waals surface area contributed by atoms with Gasteiger partial charge >= 0.3 is 6.41 Å². The minimum atomic E-state index is 0.558. The highest BCUT2D eigenvalue weighted by Crippen LogP contribution is 2.10. The van der Waals surface area contributed by atoms with Gasteiger partial charge in [0.25, 0.3) is 0 Å². The first kappa shape index (κ1) is 8.52. The lowest BCUT2D eigenvalue weighted by Crippen LogP contribution is -2.10. The van der Waals surface area contributed by atoms with Crippen LogP contribution in [-0.2, 0) is 11.3 Å². The number of benzene rings is 1. The third kappa shape index (κ3) is 2.49. The second-order valence-electron chi connectivity index (χ2n) is 2.05. The van der Waals surface area contributed by atoms with Crippen molar-refractivity contribution in [3.8, 4) is 0 Å². The van der Waals surface area contributed by atoms with Crippen LogP contribution in [0, 0.1) is 3.57 Å². The van der Waals surface area contributed by atoms with Crippen LogP contribution >= 0.6 is 22.6 Å². The van der Waals surface area contributed by atoms with Gasteiger partial charge in [0.2, 0.25) is 0 Å². The Balaban J connectivity index is 2.69. The van der Waals surface area contributed by atoms with Crippen LogP contribution in [0.3, 0.4) is 0 Å². The predicted molar refractivity (Wildman–Crippen MR) is 51.7 cm³/mol. The Bertz CT molecular complexity index is 250. The molecule has 0 aromatic heterocycles. The molecule has 1 radical (unpaired) electrons. The molecule has 0 fully saturated rings. The summed E-state index contributed by atoms with van der Waals surface area (Å²) >= 11 is 2.23. The summed E-state index contributed by atoms with van der Waals surface area (Å²) in [6.07, 6.45) is 1.64. The van der Waals surface area contributed by atoms with E-state index >= 15 is 0 Å². The summed E-state index contributed by atoms with van der Waals surface area (Å²) in [7, 11) is 0. The van der Waals surface area contributed by atoms with E-state index in [2.05, 4.69) is 27.9 Å². The standard InChI is InChI=1S/C8H7INO/c9-8-4-2-1-3-7(8)5-10-6-11/h1-4H,5H2,(H,10,11). The minimum Gasteiger partial charge on any atom is -0.344 e. The summed E-state index contributed by atoms with van der Waals surface area (Å²) in [5, 5.41) is 2.50. The van der Waals surface area contributed by atoms with Crippen molar-refractivity contribution in [2.45, 2.75) is 6.54 Å². The molecule has 0 unspecified atom stereocenters. The summed E-state index contributed by atoms with van der Waals surface area (Å²) < 4.78 is 1.16. The van der Waals surface area contributed by atoms with E-state index in [1.54, 1.807) is 6.41 Å². The van der Waals surface area contributed by atoms with Gasteiger partial charge in [0.05, 0.1) is 0 Å². The highest BCUT2D eigenvalue weighted by Gasteiger charge is 1.95. The maximum atomic E-state index is 9.85. The number of rotatable bonds is 3. The highest BCUT2D eigenvalue weighted by molar-refractivity contribution is 14.1. The Labute approximate surface area is 79.1 Å². The maximum Gasteiger partial charge on any atom is 0.309 e. The fraction of sp³-hybridized carbons (Fsp3) is 0.125. The number of amides is 1. The van der Waals surface area contributed by atoms with Crippen LogP contribution in [0.15, 0.2) is 24.3 Å². The minimum absolute atomic E-state index is 0.558. The second-order valence-corrected chi connectivity index (χ2v) is 3.21. The molecule has 0 bridgehead atoms. The lowest BCUT2D eigenvalue weighted by molar-refractivity contribution is 0.542. The molecule has 1 amide bonds. The van der Waals surface area contributed by atoms with E-state index in [1.165, 1.54) is 0 Å². The van der Waals surface area contributed by atoms with Crippen LogP contribution < -0.4 is 5.32 Å². The van der Waals surface area contributed by atoms with Gasteiger partial charge in [-0.05, 0) is 34.2 Å². The van der Waals surface area contributed by atoms with E-state index in [1.807, 2.05) is 24.3 Å². The number of nitrogens with one attached hydrogen (secondary N) is 1. The molecule has 1 aromatic rings. The number of hydrogen-bond donors (Lipinski definition) is 1. The average molecular weight is 260 g/mol. The number of halogens is 1. The lowest BCUT2D eigenvalue weighted by atomic mass is 10.2. The molecule has 3 heteroatoms. The Hall–Kier alpha value is -0.580. The molecule has 57 valence electrons. The molecule has 1 rings (SSSR count). The van der Waals surface area contributed by atoms with Crippen LogP contribution in [0.4, 0.5) is 0 Å². The third-order valence-electron chi connectivity index (χ3n) is 1.31. The van der Waals surface area contributed by atoms with E-state index < -0.39 is 0 Å². The molecule has 0 aliphatic carbocycles. The van der Waals surface area contributed by atoms with E-state index in [4.69, 9.17) is 0 Å². The van der Waals surface area contributed by atoms with Crippen LogP contribution in [0.2, 0.25) is 0 Å². The summed E-state index contributed by atoms with van der Waals surface area (Å²) in [4.78, 5) is 9.85. The Kier molecular flexibility index (Phi) is 3.35. The summed E-state index contributed by atoms with van der Waals surface area (Å²) in [6.45, 7) is 0.558. The molecule has 0 saturated heterocycles. The van der Waals surface area contributed by atoms with Gasteiger partial charge in [-0.3, -0.25) is 4.79 Å². The zero-order valence-electron chi connectivity index (χ0n) is 5.80. The predicted octanol–water partition coefficient (Wildman–Crippen LogP) is 1.45. The molecule has 1 N–H and O–H groups in total. The van der Waals surface area contributed by atoms with E-state index in [0.29, 0.717) is 6.54 Å². The van der Waals surface area contributed by atoms with Gasteiger partial charge in [-0.2, -0.15) is 0 Å². The first-order valence-corrected chi connectivity index (χ1v) is 4.26. The summed E-state index contributed by atoms with van der Waals surface area (Å²) in [6, 6.07) is 7.90. The molecule has 0 spiro atoms. The van der Waals surface area contributed by atoms with Gasteiger partial charge < -0.3 is 5.32 Å². The molecular formula is C8H7INO. The molecule has 0 atom stereocenters. The molecule has 0 heterocycles. The van der Waals surface area contributed by atoms with E-state index in [0.717, 1.165) is 9.13 Å². The van der Waals surface area contributed by atoms with Crippen LogP contribution in [-0.4, -0.2) is 6.41 Å². The second kappa shape index (κ2) is 4.33. The van der Waals surface area contributed by atoms with Gasteiger partial charge in [-0.25, -0.2) is 0 Å². The molecule has 2 nitrogen and oxygen atoms in total. The molecule has 0 saturated carbocycles. The van der Waals surface area contributed by atoms with Gasteiger partial charge in [0, 0.05) is 10.1 Å². The normalized spacial score (nSPS) is 9.18. The van der Waals surface area contributed by atoms with Crippen LogP contribution in [0.1, 0.15) is 5.56 Å². The Morgan fingerprint density at radius 1 is 1.45 bits per heavy atom. The van der Waals surface area contributed by atoms with Gasteiger partial charge in [0.15, 0.2) is 0 Å². The van der Waals surface area contributed by atoms with E-state index in [9.17, 15) is 4.79 Å². The Morgan fingerprint density at radius 3 is 2.82 bits per heavy atom. The van der Waals surface area contributed by atoms with Crippen molar-refractivity contribution >= 4 is 29.0 Å². The monoisotopic (exact) mass is 260 g/mol. The average Bonchev–Trinajstić information content (AvgIpc) is 2.03. The largest absolute Gasteiger partial charge is 0.344 e. The SMILES string of the molecule is O=[C]NCc1ccccc1I. The van der Waals surface area contributed by atoms with Crippen molar-refractivity contribution in [3.05, 3.63) is 33.4 Å². The topological polar surface area (TPSA) is 29.1 Å². The lowest BCUT2D eigenvalue weighted by Gasteiger charge is -2.00. The van der Waals surface area contributed by atoms with E-state index in [-0.39, 0.29) is 0 Å². The maximum absolute atomic E-state index is 9.85. The van der Waals surface area contributed by atoms with Gasteiger partial charge in [-0.15, -0.1) is 0 Å². The quantitative estimate of drug-likeness (QED) is 0.646. The third-order valence-corrected chi connectivity index (χ3v) is 2.36. The molecule has 0 aliphatic rings. The van der Waals surface area contributed by atoms with Crippen molar-refractivity contribution in [2.24, 2.45) is 0 Å². The number of carbonyl (C=O) groups excluding carboxylic acids is 1. The molecule has 1 aromatic carbocycles. The first-order valence-electron chi connectivity index (χ1n) is 3.18. The highest BCUT2D eigenvalue weighted by atomic mass is 127. The van der Waals surface area contributed by atoms with Gasteiger partial charge in [-0.1, -0.05) is 18.2 Å². The van der Waals surface area contributed by atoms with Gasteiger partial charge in [0.1, 0.15) is 0 Å². The van der Waals surface area contributed by atoms with Crippen molar-refractivity contribution in [2.75, 3.05) is 0 Å². The van der Waals surface area contributed by atoms with Crippen molar-refractivity contribution in [3.63, 3.8) is 0 Å². The molecular weight excluding hydrogens is 253 g/mol. The summed E-state index contributed by atoms with van der Waals surface area (Å²) in [5.74, 6) is 0. The van der Waals surface area contributed by atoms with Crippen LogP contribution in [0.25, 0.3) is 0 Å². The van der Waals surface area contributed by atoms with Crippen molar-refractivity contribution in [1.29, 1.82) is 0 Å². The Morgan fingerprint density at radius 2 is 2.18 bits per heavy atom. The number of hydrogen-bond acceptors (Lipinski definition) is 1.